The first-order chi connectivity index (χ1) is 12.3. The molecule has 3 rings (SSSR count). The van der Waals surface area contributed by atoms with Crippen molar-refractivity contribution in [3.8, 4) is 5.75 Å². The lowest BCUT2D eigenvalue weighted by atomic mass is 9.86. The molecule has 1 heterocycles. The van der Waals surface area contributed by atoms with E-state index in [0.717, 1.165) is 25.7 Å². The number of rotatable bonds is 4. The zero-order valence-corrected chi connectivity index (χ0v) is 16.2. The van der Waals surface area contributed by atoms with E-state index in [2.05, 4.69) is 4.98 Å². The Kier molecular flexibility index (Phi) is 5.17. The monoisotopic (exact) mass is 356 g/mol. The molecule has 0 unspecified atom stereocenters. The number of carbonyl (C=O) groups excluding carboxylic acids is 1. The molecule has 1 aromatic carbocycles. The van der Waals surface area contributed by atoms with Gasteiger partial charge in [-0.15, -0.1) is 0 Å². The summed E-state index contributed by atoms with van der Waals surface area (Å²) in [5.74, 6) is 0.880. The third-order valence-corrected chi connectivity index (χ3v) is 5.24. The molecule has 5 nitrogen and oxygen atoms in total. The Morgan fingerprint density at radius 3 is 2.54 bits per heavy atom. The number of ether oxygens (including phenoxy) is 1. The number of Topliss-reactive ketones (excluding diaryl/α,β-unsaturated/α-hetero) is 1. The number of methoxy groups -OCH3 is 1. The number of fused-ring (bicyclic) bond motifs is 1. The lowest BCUT2D eigenvalue weighted by Crippen LogP contribution is -2.35. The van der Waals surface area contributed by atoms with Gasteiger partial charge in [0.2, 0.25) is 0 Å². The second-order valence-electron chi connectivity index (χ2n) is 8.26. The van der Waals surface area contributed by atoms with E-state index in [4.69, 9.17) is 4.74 Å². The number of aromatic nitrogens is 2. The summed E-state index contributed by atoms with van der Waals surface area (Å²) in [4.78, 5) is 30.6. The van der Waals surface area contributed by atoms with Crippen molar-refractivity contribution in [1.29, 1.82) is 0 Å². The van der Waals surface area contributed by atoms with Gasteiger partial charge in [-0.2, -0.15) is 0 Å². The van der Waals surface area contributed by atoms with Crippen molar-refractivity contribution in [3.63, 3.8) is 0 Å². The fourth-order valence-corrected chi connectivity index (χ4v) is 3.70. The minimum atomic E-state index is -0.388. The zero-order chi connectivity index (χ0) is 18.9. The Balaban J connectivity index is 2.12. The molecule has 0 amide bonds. The summed E-state index contributed by atoms with van der Waals surface area (Å²) in [6.45, 7) is 6.02. The largest absolute Gasteiger partial charge is 0.497 e. The van der Waals surface area contributed by atoms with Gasteiger partial charge in [0.1, 0.15) is 11.4 Å². The van der Waals surface area contributed by atoms with Gasteiger partial charge in [0.25, 0.3) is 5.56 Å². The predicted octanol–water partition coefficient (Wildman–Crippen LogP) is 3.85. The van der Waals surface area contributed by atoms with Crippen LogP contribution in [0.3, 0.4) is 0 Å². The van der Waals surface area contributed by atoms with Crippen molar-refractivity contribution < 1.29 is 9.53 Å². The van der Waals surface area contributed by atoms with Crippen molar-refractivity contribution in [3.05, 3.63) is 34.2 Å². The van der Waals surface area contributed by atoms with Crippen molar-refractivity contribution in [2.75, 3.05) is 7.11 Å². The molecule has 0 spiro atoms. The summed E-state index contributed by atoms with van der Waals surface area (Å²) >= 11 is 0. The summed E-state index contributed by atoms with van der Waals surface area (Å²) in [7, 11) is 1.59. The molecule has 0 radical (unpaired) electrons. The van der Waals surface area contributed by atoms with E-state index in [1.165, 1.54) is 6.42 Å². The van der Waals surface area contributed by atoms with Gasteiger partial charge in [-0.25, -0.2) is 4.98 Å². The summed E-state index contributed by atoms with van der Waals surface area (Å²) < 4.78 is 6.91. The maximum absolute atomic E-state index is 13.2. The van der Waals surface area contributed by atoms with Crippen LogP contribution in [0.15, 0.2) is 23.0 Å². The second-order valence-corrected chi connectivity index (χ2v) is 8.26. The Morgan fingerprint density at radius 2 is 1.92 bits per heavy atom. The summed E-state index contributed by atoms with van der Waals surface area (Å²) in [5.41, 5.74) is 1.30. The molecule has 2 aromatic rings. The molecule has 1 fully saturated rings. The van der Waals surface area contributed by atoms with E-state index in [0.29, 0.717) is 22.5 Å². The van der Waals surface area contributed by atoms with E-state index in [1.807, 2.05) is 32.9 Å². The van der Waals surface area contributed by atoms with Gasteiger partial charge in [0.05, 0.1) is 24.7 Å². The van der Waals surface area contributed by atoms with E-state index in [9.17, 15) is 9.59 Å². The van der Waals surface area contributed by atoms with Crippen molar-refractivity contribution in [2.24, 2.45) is 5.92 Å². The van der Waals surface area contributed by atoms with E-state index >= 15 is 0 Å². The lowest BCUT2D eigenvalue weighted by Gasteiger charge is -2.23. The van der Waals surface area contributed by atoms with Crippen LogP contribution in [0.5, 0.6) is 5.75 Å². The third-order valence-electron chi connectivity index (χ3n) is 5.24. The maximum Gasteiger partial charge on any atom is 0.273 e. The summed E-state index contributed by atoms with van der Waals surface area (Å²) in [6.07, 6.45) is 5.28. The lowest BCUT2D eigenvalue weighted by molar-refractivity contribution is -0.124. The first-order valence-corrected chi connectivity index (χ1v) is 9.43. The number of ketones is 1. The molecule has 1 aliphatic rings. The average Bonchev–Trinajstić information content (AvgIpc) is 2.63. The fraction of sp³-hybridized carbons (Fsp3) is 0.571. The fourth-order valence-electron chi connectivity index (χ4n) is 3.70. The van der Waals surface area contributed by atoms with Gasteiger partial charge in [-0.05, 0) is 25.0 Å². The Morgan fingerprint density at radius 1 is 1.23 bits per heavy atom. The molecule has 1 aliphatic carbocycles. The molecule has 0 bridgehead atoms. The highest BCUT2D eigenvalue weighted by atomic mass is 16.5. The van der Waals surface area contributed by atoms with Crippen LogP contribution >= 0.6 is 0 Å². The van der Waals surface area contributed by atoms with Crippen LogP contribution in [0.1, 0.15) is 58.6 Å². The topological polar surface area (TPSA) is 61.2 Å². The van der Waals surface area contributed by atoms with Crippen LogP contribution < -0.4 is 10.3 Å². The Bertz CT molecular complexity index is 871. The average molecular weight is 356 g/mol. The van der Waals surface area contributed by atoms with Gasteiger partial charge in [-0.1, -0.05) is 40.0 Å². The first-order valence-electron chi connectivity index (χ1n) is 9.43. The van der Waals surface area contributed by atoms with Crippen LogP contribution in [0.25, 0.3) is 11.0 Å². The van der Waals surface area contributed by atoms with Crippen LogP contribution in [0.2, 0.25) is 0 Å². The van der Waals surface area contributed by atoms with Crippen LogP contribution in [0.4, 0.5) is 0 Å². The Hall–Kier alpha value is -2.17. The van der Waals surface area contributed by atoms with Gasteiger partial charge >= 0.3 is 0 Å². The van der Waals surface area contributed by atoms with Crippen molar-refractivity contribution >= 4 is 16.8 Å². The standard InChI is InChI=1S/C21H28N2O3/c1-21(2,3)19-20(25)23(13-18(24)14-8-6-5-7-9-14)17-12-15(26-4)10-11-16(17)22-19/h10-12,14H,5-9,13H2,1-4H3. The molecule has 1 aromatic heterocycles. The smallest absolute Gasteiger partial charge is 0.273 e. The molecule has 140 valence electrons. The number of carbonyl (C=O) groups is 1. The van der Waals surface area contributed by atoms with Crippen molar-refractivity contribution in [2.45, 2.75) is 64.8 Å². The van der Waals surface area contributed by atoms with Gasteiger partial charge in [-0.3, -0.25) is 14.2 Å². The zero-order valence-electron chi connectivity index (χ0n) is 16.2. The normalized spacial score (nSPS) is 16.0. The molecule has 0 N–H and O–H groups in total. The van der Waals surface area contributed by atoms with Gasteiger partial charge < -0.3 is 4.74 Å². The van der Waals surface area contributed by atoms with E-state index in [-0.39, 0.29) is 29.2 Å². The van der Waals surface area contributed by atoms with Crippen LogP contribution in [-0.4, -0.2) is 22.4 Å². The molecule has 1 saturated carbocycles. The molecule has 26 heavy (non-hydrogen) atoms. The van der Waals surface area contributed by atoms with Crippen molar-refractivity contribution in [1.82, 2.24) is 9.55 Å². The molecular formula is C21H28N2O3. The quantitative estimate of drug-likeness (QED) is 0.835. The maximum atomic E-state index is 13.2. The predicted molar refractivity (Wildman–Crippen MR) is 103 cm³/mol. The SMILES string of the molecule is COc1ccc2nc(C(C)(C)C)c(=O)n(CC(=O)C3CCCCC3)c2c1. The molecule has 0 atom stereocenters. The number of nitrogens with zero attached hydrogens (tertiary/aromatic N) is 2. The minimum absolute atomic E-state index is 0.0718. The third kappa shape index (κ3) is 3.67. The highest BCUT2D eigenvalue weighted by Crippen LogP contribution is 2.26. The van der Waals surface area contributed by atoms with E-state index < -0.39 is 0 Å². The van der Waals surface area contributed by atoms with Gasteiger partial charge in [0, 0.05) is 17.4 Å². The molecule has 0 saturated heterocycles. The second kappa shape index (κ2) is 7.22. The number of hydrogen-bond acceptors (Lipinski definition) is 4. The molecule has 5 heteroatoms. The van der Waals surface area contributed by atoms with Crippen LogP contribution in [0, 0.1) is 5.92 Å². The number of benzene rings is 1. The van der Waals surface area contributed by atoms with Crippen LogP contribution in [-0.2, 0) is 16.8 Å². The number of hydrogen-bond donors (Lipinski definition) is 0. The highest BCUT2D eigenvalue weighted by Gasteiger charge is 2.26. The van der Waals surface area contributed by atoms with Gasteiger partial charge in [0.15, 0.2) is 5.78 Å². The highest BCUT2D eigenvalue weighted by molar-refractivity contribution is 5.84. The Labute approximate surface area is 154 Å². The summed E-state index contributed by atoms with van der Waals surface area (Å²) in [6, 6.07) is 5.48. The minimum Gasteiger partial charge on any atom is -0.497 e. The molecular weight excluding hydrogens is 328 g/mol. The molecule has 0 aliphatic heterocycles. The van der Waals surface area contributed by atoms with E-state index in [1.54, 1.807) is 17.7 Å². The first kappa shape index (κ1) is 18.6. The summed E-state index contributed by atoms with van der Waals surface area (Å²) in [5, 5.41) is 0.